The molecule has 7 nitrogen and oxygen atoms in total. The van der Waals surface area contributed by atoms with Crippen LogP contribution in [0.3, 0.4) is 0 Å². The fraction of sp³-hybridized carbons (Fsp3) is 0.647. The first-order valence-corrected chi connectivity index (χ1v) is 9.98. The van der Waals surface area contributed by atoms with Crippen LogP contribution >= 0.6 is 11.8 Å². The van der Waals surface area contributed by atoms with Crippen LogP contribution in [-0.4, -0.2) is 42.8 Å². The van der Waals surface area contributed by atoms with E-state index in [2.05, 4.69) is 15.5 Å². The SMILES string of the molecule is CC(c1ccco1)N(C(=O)CSc1nnnn1C1CCCC1)C1CC1. The standard InChI is InChI=1S/C17H23N5O2S/c1-12(15-7-4-10-24-15)21(13-8-9-13)16(23)11-25-17-18-19-20-22(17)14-5-2-3-6-14/h4,7,10,12-14H,2-3,5-6,8-9,11H2,1H3. The van der Waals surface area contributed by atoms with E-state index in [1.807, 2.05) is 28.6 Å². The van der Waals surface area contributed by atoms with E-state index in [4.69, 9.17) is 4.42 Å². The van der Waals surface area contributed by atoms with E-state index in [0.29, 0.717) is 17.8 Å². The van der Waals surface area contributed by atoms with E-state index in [1.54, 1.807) is 6.26 Å². The van der Waals surface area contributed by atoms with Gasteiger partial charge in [0.05, 0.1) is 24.1 Å². The van der Waals surface area contributed by atoms with Crippen LogP contribution in [0.2, 0.25) is 0 Å². The summed E-state index contributed by atoms with van der Waals surface area (Å²) in [5.41, 5.74) is 0. The first kappa shape index (κ1) is 16.6. The Morgan fingerprint density at radius 1 is 1.40 bits per heavy atom. The van der Waals surface area contributed by atoms with Crippen molar-refractivity contribution < 1.29 is 9.21 Å². The Morgan fingerprint density at radius 3 is 2.88 bits per heavy atom. The first-order chi connectivity index (χ1) is 12.2. The van der Waals surface area contributed by atoms with Gasteiger partial charge < -0.3 is 9.32 Å². The molecule has 2 aliphatic rings. The molecule has 0 aromatic carbocycles. The predicted molar refractivity (Wildman–Crippen MR) is 93.0 cm³/mol. The smallest absolute Gasteiger partial charge is 0.233 e. The van der Waals surface area contributed by atoms with Crippen LogP contribution in [0.15, 0.2) is 28.0 Å². The number of thioether (sulfide) groups is 1. The van der Waals surface area contributed by atoms with Crippen molar-refractivity contribution in [2.75, 3.05) is 5.75 Å². The highest BCUT2D eigenvalue weighted by molar-refractivity contribution is 7.99. The Kier molecular flexibility index (Phi) is 4.78. The van der Waals surface area contributed by atoms with Crippen molar-refractivity contribution in [3.05, 3.63) is 24.2 Å². The molecule has 2 aromatic heterocycles. The molecule has 0 bridgehead atoms. The maximum absolute atomic E-state index is 12.9. The van der Waals surface area contributed by atoms with Gasteiger partial charge in [-0.25, -0.2) is 4.68 Å². The average Bonchev–Trinajstić information content (AvgIpc) is 3.10. The van der Waals surface area contributed by atoms with Gasteiger partial charge in [-0.1, -0.05) is 24.6 Å². The Balaban J connectivity index is 1.41. The number of rotatable bonds is 7. The normalized spacial score (nSPS) is 19.2. The van der Waals surface area contributed by atoms with Crippen molar-refractivity contribution in [2.45, 2.75) is 68.7 Å². The molecule has 0 radical (unpaired) electrons. The quantitative estimate of drug-likeness (QED) is 0.705. The lowest BCUT2D eigenvalue weighted by molar-refractivity contribution is -0.131. The molecule has 4 rings (SSSR count). The highest BCUT2D eigenvalue weighted by Gasteiger charge is 2.37. The summed E-state index contributed by atoms with van der Waals surface area (Å²) in [6.07, 6.45) is 8.49. The second-order valence-electron chi connectivity index (χ2n) is 6.86. The van der Waals surface area contributed by atoms with E-state index in [9.17, 15) is 4.79 Å². The molecule has 2 fully saturated rings. The highest BCUT2D eigenvalue weighted by Crippen LogP contribution is 2.36. The summed E-state index contributed by atoms with van der Waals surface area (Å²) in [5, 5.41) is 12.8. The van der Waals surface area contributed by atoms with Crippen LogP contribution < -0.4 is 0 Å². The lowest BCUT2D eigenvalue weighted by atomic mass is 10.2. The number of aromatic nitrogens is 4. The summed E-state index contributed by atoms with van der Waals surface area (Å²) in [6, 6.07) is 4.47. The van der Waals surface area contributed by atoms with Crippen molar-refractivity contribution in [1.82, 2.24) is 25.1 Å². The van der Waals surface area contributed by atoms with Crippen LogP contribution in [0.5, 0.6) is 0 Å². The Labute approximate surface area is 151 Å². The van der Waals surface area contributed by atoms with Crippen LogP contribution in [0.1, 0.15) is 63.3 Å². The maximum atomic E-state index is 12.9. The predicted octanol–water partition coefficient (Wildman–Crippen LogP) is 3.23. The summed E-state index contributed by atoms with van der Waals surface area (Å²) in [5.74, 6) is 1.31. The van der Waals surface area contributed by atoms with Gasteiger partial charge in [-0.2, -0.15) is 0 Å². The molecule has 2 saturated carbocycles. The summed E-state index contributed by atoms with van der Waals surface area (Å²) in [4.78, 5) is 14.8. The van der Waals surface area contributed by atoms with Crippen molar-refractivity contribution in [3.63, 3.8) is 0 Å². The van der Waals surface area contributed by atoms with Gasteiger partial charge in [0.2, 0.25) is 11.1 Å². The third-order valence-corrected chi connectivity index (χ3v) is 5.98. The summed E-state index contributed by atoms with van der Waals surface area (Å²) in [7, 11) is 0. The Hall–Kier alpha value is -1.83. The lowest BCUT2D eigenvalue weighted by Crippen LogP contribution is -2.36. The molecule has 1 atom stereocenters. The lowest BCUT2D eigenvalue weighted by Gasteiger charge is -2.28. The number of amides is 1. The molecule has 2 aromatic rings. The summed E-state index contributed by atoms with van der Waals surface area (Å²) >= 11 is 1.44. The number of tetrazole rings is 1. The van der Waals surface area contributed by atoms with Crippen molar-refractivity contribution >= 4 is 17.7 Å². The molecule has 1 unspecified atom stereocenters. The second kappa shape index (κ2) is 7.19. The van der Waals surface area contributed by atoms with Crippen molar-refractivity contribution in [3.8, 4) is 0 Å². The summed E-state index contributed by atoms with van der Waals surface area (Å²) in [6.45, 7) is 2.03. The second-order valence-corrected chi connectivity index (χ2v) is 7.80. The molecule has 0 aliphatic heterocycles. The van der Waals surface area contributed by atoms with E-state index < -0.39 is 0 Å². The molecule has 1 amide bonds. The number of hydrogen-bond acceptors (Lipinski definition) is 6. The van der Waals surface area contributed by atoms with Gasteiger partial charge in [0.15, 0.2) is 0 Å². The molecule has 0 N–H and O–H groups in total. The minimum absolute atomic E-state index is 0.0403. The first-order valence-electron chi connectivity index (χ1n) is 8.99. The molecule has 0 saturated heterocycles. The van der Waals surface area contributed by atoms with E-state index >= 15 is 0 Å². The zero-order chi connectivity index (χ0) is 17.2. The van der Waals surface area contributed by atoms with E-state index in [-0.39, 0.29) is 11.9 Å². The van der Waals surface area contributed by atoms with E-state index in [0.717, 1.165) is 36.6 Å². The number of carbonyl (C=O) groups excluding carboxylic acids is 1. The van der Waals surface area contributed by atoms with Crippen LogP contribution in [-0.2, 0) is 4.79 Å². The third-order valence-electron chi connectivity index (χ3n) is 5.06. The minimum atomic E-state index is -0.0403. The zero-order valence-corrected chi connectivity index (χ0v) is 15.2. The fourth-order valence-electron chi connectivity index (χ4n) is 3.61. The number of furan rings is 1. The number of carbonyl (C=O) groups is 1. The molecule has 134 valence electrons. The minimum Gasteiger partial charge on any atom is -0.467 e. The van der Waals surface area contributed by atoms with Gasteiger partial charge in [0.1, 0.15) is 5.76 Å². The molecule has 2 aliphatic carbocycles. The molecular weight excluding hydrogens is 338 g/mol. The zero-order valence-electron chi connectivity index (χ0n) is 14.4. The largest absolute Gasteiger partial charge is 0.467 e. The number of nitrogens with zero attached hydrogens (tertiary/aromatic N) is 5. The van der Waals surface area contributed by atoms with Gasteiger partial charge in [0, 0.05) is 6.04 Å². The van der Waals surface area contributed by atoms with E-state index in [1.165, 1.54) is 24.6 Å². The monoisotopic (exact) mass is 361 g/mol. The summed E-state index contributed by atoms with van der Waals surface area (Å²) < 4.78 is 7.41. The van der Waals surface area contributed by atoms with Crippen LogP contribution in [0, 0.1) is 0 Å². The topological polar surface area (TPSA) is 77.1 Å². The van der Waals surface area contributed by atoms with Crippen molar-refractivity contribution in [1.29, 1.82) is 0 Å². The van der Waals surface area contributed by atoms with Gasteiger partial charge in [0.25, 0.3) is 0 Å². The van der Waals surface area contributed by atoms with Crippen molar-refractivity contribution in [2.24, 2.45) is 0 Å². The van der Waals surface area contributed by atoms with Crippen LogP contribution in [0.25, 0.3) is 0 Å². The Morgan fingerprint density at radius 2 is 2.20 bits per heavy atom. The fourth-order valence-corrected chi connectivity index (χ4v) is 4.43. The van der Waals surface area contributed by atoms with Gasteiger partial charge in [-0.05, 0) is 55.2 Å². The molecule has 0 spiro atoms. The third kappa shape index (κ3) is 3.58. The average molecular weight is 361 g/mol. The molecule has 8 heteroatoms. The Bertz CT molecular complexity index is 706. The molecule has 25 heavy (non-hydrogen) atoms. The maximum Gasteiger partial charge on any atom is 0.233 e. The molecule has 2 heterocycles. The molecular formula is C17H23N5O2S. The number of hydrogen-bond donors (Lipinski definition) is 0. The van der Waals surface area contributed by atoms with Gasteiger partial charge in [-0.3, -0.25) is 4.79 Å². The van der Waals surface area contributed by atoms with Crippen LogP contribution in [0.4, 0.5) is 0 Å². The van der Waals surface area contributed by atoms with Gasteiger partial charge >= 0.3 is 0 Å². The highest BCUT2D eigenvalue weighted by atomic mass is 32.2. The van der Waals surface area contributed by atoms with Gasteiger partial charge in [-0.15, -0.1) is 5.10 Å².